The van der Waals surface area contributed by atoms with Crippen molar-refractivity contribution in [1.82, 2.24) is 9.80 Å². The highest BCUT2D eigenvalue weighted by molar-refractivity contribution is 7.10. The van der Waals surface area contributed by atoms with Crippen LogP contribution in [0.2, 0.25) is 0 Å². The smallest absolute Gasteiger partial charge is 0.328 e. The third-order valence-electron chi connectivity index (χ3n) is 3.53. The van der Waals surface area contributed by atoms with Gasteiger partial charge in [-0.1, -0.05) is 0 Å². The number of hydrogen-bond acceptors (Lipinski definition) is 5. The molecule has 6 heteroatoms. The monoisotopic (exact) mass is 310 g/mol. The number of likely N-dealkylation sites (N-methyl/N-ethyl adjacent to an activating group) is 1. The molecule has 2 rings (SSSR count). The molecule has 0 radical (unpaired) electrons. The number of nitrogens with zero attached hydrogens (tertiary/aromatic N) is 2. The number of aliphatic hydroxyl groups is 1. The molecule has 0 amide bonds. The molecule has 1 saturated heterocycles. The minimum atomic E-state index is -0.934. The van der Waals surface area contributed by atoms with Crippen molar-refractivity contribution in [3.05, 3.63) is 28.0 Å². The fourth-order valence-corrected chi connectivity index (χ4v) is 3.58. The number of carbonyl (C=O) groups is 1. The first-order chi connectivity index (χ1) is 9.94. The van der Waals surface area contributed by atoms with Crippen LogP contribution in [0.5, 0.6) is 0 Å². The Balaban J connectivity index is 1.98. The molecule has 2 atom stereocenters. The number of aliphatic carboxylic acids is 1. The van der Waals surface area contributed by atoms with Crippen LogP contribution in [0.15, 0.2) is 17.5 Å². The summed E-state index contributed by atoms with van der Waals surface area (Å²) in [5.41, 5.74) is 0.918. The first kappa shape index (κ1) is 16.2. The highest BCUT2D eigenvalue weighted by Crippen LogP contribution is 2.24. The first-order valence-corrected chi connectivity index (χ1v) is 7.87. The Bertz CT molecular complexity index is 513. The number of likely N-dealkylation sites (tertiary alicyclic amines) is 1. The van der Waals surface area contributed by atoms with E-state index in [0.717, 1.165) is 31.1 Å². The maximum absolute atomic E-state index is 10.5. The number of carboxylic acid groups (broad SMARTS) is 1. The van der Waals surface area contributed by atoms with E-state index in [2.05, 4.69) is 9.80 Å². The van der Waals surface area contributed by atoms with Crippen molar-refractivity contribution >= 4 is 23.4 Å². The van der Waals surface area contributed by atoms with Gasteiger partial charge in [0, 0.05) is 36.6 Å². The van der Waals surface area contributed by atoms with E-state index in [0.29, 0.717) is 12.6 Å². The lowest BCUT2D eigenvalue weighted by Gasteiger charge is -2.26. The van der Waals surface area contributed by atoms with Crippen molar-refractivity contribution in [1.29, 1.82) is 0 Å². The fourth-order valence-electron chi connectivity index (χ4n) is 2.70. The van der Waals surface area contributed by atoms with Gasteiger partial charge in [-0.05, 0) is 43.6 Å². The largest absolute Gasteiger partial charge is 0.478 e. The van der Waals surface area contributed by atoms with Crippen LogP contribution in [0.1, 0.15) is 16.9 Å². The van der Waals surface area contributed by atoms with E-state index in [1.165, 1.54) is 4.88 Å². The van der Waals surface area contributed by atoms with Crippen LogP contribution in [0.3, 0.4) is 0 Å². The van der Waals surface area contributed by atoms with Crippen LogP contribution >= 0.6 is 11.3 Å². The van der Waals surface area contributed by atoms with E-state index in [-0.39, 0.29) is 6.10 Å². The number of hydrogen-bond donors (Lipinski definition) is 2. The molecule has 2 N–H and O–H groups in total. The Morgan fingerprint density at radius 1 is 1.57 bits per heavy atom. The SMILES string of the molecule is CN(C)CC1CC(O)CN1Cc1cc(C=CC(=O)O)cs1. The zero-order valence-corrected chi connectivity index (χ0v) is 13.2. The van der Waals surface area contributed by atoms with Crippen LogP contribution in [-0.4, -0.2) is 65.3 Å². The van der Waals surface area contributed by atoms with Gasteiger partial charge in [0.1, 0.15) is 0 Å². The number of aliphatic hydroxyl groups excluding tert-OH is 1. The predicted molar refractivity (Wildman–Crippen MR) is 84.4 cm³/mol. The number of thiophene rings is 1. The molecule has 1 aliphatic rings. The Kier molecular flexibility index (Phi) is 5.52. The number of rotatable bonds is 6. The summed E-state index contributed by atoms with van der Waals surface area (Å²) in [6.07, 6.45) is 3.33. The molecule has 0 saturated carbocycles. The number of carboxylic acids is 1. The molecule has 0 aliphatic carbocycles. The van der Waals surface area contributed by atoms with E-state index in [1.807, 2.05) is 25.5 Å². The average Bonchev–Trinajstić information content (AvgIpc) is 2.94. The molecule has 0 aromatic carbocycles. The summed E-state index contributed by atoms with van der Waals surface area (Å²) in [6, 6.07) is 2.39. The summed E-state index contributed by atoms with van der Waals surface area (Å²) in [7, 11) is 4.09. The fraction of sp³-hybridized carbons (Fsp3) is 0.533. The van der Waals surface area contributed by atoms with E-state index >= 15 is 0 Å². The van der Waals surface area contributed by atoms with E-state index in [4.69, 9.17) is 5.11 Å². The Hall–Kier alpha value is -1.21. The predicted octanol–water partition coefficient (Wildman–Crippen LogP) is 1.34. The summed E-state index contributed by atoms with van der Waals surface area (Å²) < 4.78 is 0. The highest BCUT2D eigenvalue weighted by Gasteiger charge is 2.31. The number of β-amino-alcohol motifs (C(OH)–C–C–N with tert-alkyl or cyclic N) is 1. The van der Waals surface area contributed by atoms with Crippen LogP contribution < -0.4 is 0 Å². The molecule has 2 unspecified atom stereocenters. The third kappa shape index (κ3) is 4.93. The molecule has 1 aromatic rings. The van der Waals surface area contributed by atoms with Gasteiger partial charge in [0.2, 0.25) is 0 Å². The zero-order valence-electron chi connectivity index (χ0n) is 12.4. The van der Waals surface area contributed by atoms with Gasteiger partial charge in [0.05, 0.1) is 6.10 Å². The second kappa shape index (κ2) is 7.17. The zero-order chi connectivity index (χ0) is 15.4. The van der Waals surface area contributed by atoms with Gasteiger partial charge in [0.15, 0.2) is 0 Å². The van der Waals surface area contributed by atoms with Crippen LogP contribution in [-0.2, 0) is 11.3 Å². The molecular formula is C15H22N2O3S. The summed E-state index contributed by atoms with van der Waals surface area (Å²) in [6.45, 7) is 2.45. The van der Waals surface area contributed by atoms with Crippen molar-refractivity contribution in [2.45, 2.75) is 25.1 Å². The lowest BCUT2D eigenvalue weighted by Crippen LogP contribution is -2.36. The molecule has 116 valence electrons. The van der Waals surface area contributed by atoms with Crippen molar-refractivity contribution in [3.8, 4) is 0 Å². The molecule has 0 spiro atoms. The minimum absolute atomic E-state index is 0.249. The highest BCUT2D eigenvalue weighted by atomic mass is 32.1. The van der Waals surface area contributed by atoms with Crippen molar-refractivity contribution in [2.24, 2.45) is 0 Å². The van der Waals surface area contributed by atoms with Gasteiger partial charge in [-0.3, -0.25) is 4.90 Å². The molecule has 1 aromatic heterocycles. The van der Waals surface area contributed by atoms with Crippen molar-refractivity contribution in [3.63, 3.8) is 0 Å². The molecule has 1 fully saturated rings. The summed E-state index contributed by atoms with van der Waals surface area (Å²) in [5, 5.41) is 20.5. The lowest BCUT2D eigenvalue weighted by atomic mass is 10.2. The molecule has 2 heterocycles. The molecular weight excluding hydrogens is 288 g/mol. The topological polar surface area (TPSA) is 64.0 Å². The molecule has 1 aliphatic heterocycles. The standard InChI is InChI=1S/C15H22N2O3S/c1-16(2)7-12-6-13(18)8-17(12)9-14-5-11(10-21-14)3-4-15(19)20/h3-5,10,12-13,18H,6-9H2,1-2H3,(H,19,20). The van der Waals surface area contributed by atoms with Crippen LogP contribution in [0.4, 0.5) is 0 Å². The normalized spacial score (nSPS) is 23.4. The lowest BCUT2D eigenvalue weighted by molar-refractivity contribution is -0.131. The Morgan fingerprint density at radius 3 is 3.00 bits per heavy atom. The third-order valence-corrected chi connectivity index (χ3v) is 4.47. The van der Waals surface area contributed by atoms with E-state index in [9.17, 15) is 9.90 Å². The second-order valence-electron chi connectivity index (χ2n) is 5.75. The Morgan fingerprint density at radius 2 is 2.33 bits per heavy atom. The summed E-state index contributed by atoms with van der Waals surface area (Å²) in [5.74, 6) is -0.934. The minimum Gasteiger partial charge on any atom is -0.478 e. The molecule has 0 bridgehead atoms. The van der Waals surface area contributed by atoms with Gasteiger partial charge >= 0.3 is 5.97 Å². The van der Waals surface area contributed by atoms with Gasteiger partial charge < -0.3 is 15.1 Å². The maximum atomic E-state index is 10.5. The second-order valence-corrected chi connectivity index (χ2v) is 6.75. The van der Waals surface area contributed by atoms with Crippen molar-refractivity contribution in [2.75, 3.05) is 27.2 Å². The van der Waals surface area contributed by atoms with Crippen LogP contribution in [0.25, 0.3) is 6.08 Å². The van der Waals surface area contributed by atoms with Gasteiger partial charge in [-0.2, -0.15) is 0 Å². The average molecular weight is 310 g/mol. The molecule has 5 nitrogen and oxygen atoms in total. The van der Waals surface area contributed by atoms with Crippen molar-refractivity contribution < 1.29 is 15.0 Å². The Labute approximate surface area is 129 Å². The first-order valence-electron chi connectivity index (χ1n) is 6.99. The quantitative estimate of drug-likeness (QED) is 0.777. The maximum Gasteiger partial charge on any atom is 0.328 e. The molecule has 21 heavy (non-hydrogen) atoms. The van der Waals surface area contributed by atoms with E-state index in [1.54, 1.807) is 17.4 Å². The van der Waals surface area contributed by atoms with Crippen LogP contribution in [0, 0.1) is 0 Å². The summed E-state index contributed by atoms with van der Waals surface area (Å²) >= 11 is 1.63. The van der Waals surface area contributed by atoms with Gasteiger partial charge in [0.25, 0.3) is 0 Å². The van der Waals surface area contributed by atoms with Gasteiger partial charge in [-0.15, -0.1) is 11.3 Å². The van der Waals surface area contributed by atoms with Gasteiger partial charge in [-0.25, -0.2) is 4.79 Å². The summed E-state index contributed by atoms with van der Waals surface area (Å²) in [4.78, 5) is 16.2. The van der Waals surface area contributed by atoms with E-state index < -0.39 is 5.97 Å².